The first-order valence-electron chi connectivity index (χ1n) is 15.9. The van der Waals surface area contributed by atoms with Crippen molar-refractivity contribution in [1.82, 2.24) is 0 Å². The van der Waals surface area contributed by atoms with Crippen LogP contribution in [0.1, 0.15) is 22.3 Å². The lowest BCUT2D eigenvalue weighted by Gasteiger charge is -2.67. The minimum absolute atomic E-state index is 0.119. The van der Waals surface area contributed by atoms with Crippen LogP contribution in [0, 0.1) is 0 Å². The monoisotopic (exact) mass is 664 g/mol. The van der Waals surface area contributed by atoms with Gasteiger partial charge < -0.3 is 30.3 Å². The molecule has 1 fully saturated rings. The summed E-state index contributed by atoms with van der Waals surface area (Å²) in [5.74, 6) is 0. The molecule has 48 heavy (non-hydrogen) atoms. The fraction of sp³-hybridized carbons (Fsp3) is 0.250. The Hall–Kier alpha value is -3.99. The van der Waals surface area contributed by atoms with Crippen molar-refractivity contribution >= 4 is 10.8 Å². The molecule has 5 aromatic rings. The van der Waals surface area contributed by atoms with Crippen molar-refractivity contribution in [3.8, 4) is 0 Å². The third kappa shape index (κ3) is 5.73. The number of hydrogen-bond donors (Lipinski definition) is 5. The molecule has 5 aromatic carbocycles. The van der Waals surface area contributed by atoms with E-state index in [9.17, 15) is 29.7 Å². The van der Waals surface area contributed by atoms with Gasteiger partial charge in [-0.25, -0.2) is 4.21 Å². The molecule has 6 rings (SSSR count). The Kier molecular flexibility index (Phi) is 9.53. The van der Waals surface area contributed by atoms with Crippen molar-refractivity contribution in [2.45, 2.75) is 58.1 Å². The predicted molar refractivity (Wildman–Crippen MR) is 184 cm³/mol. The highest BCUT2D eigenvalue weighted by Gasteiger charge is 2.82. The summed E-state index contributed by atoms with van der Waals surface area (Å²) in [7, 11) is -2.57. The van der Waals surface area contributed by atoms with Gasteiger partial charge in [0.2, 0.25) is 0 Å². The second-order valence-electron chi connectivity index (χ2n) is 12.6. The van der Waals surface area contributed by atoms with Crippen molar-refractivity contribution < 1.29 is 34.5 Å². The van der Waals surface area contributed by atoms with E-state index in [4.69, 9.17) is 4.74 Å². The van der Waals surface area contributed by atoms with E-state index in [2.05, 4.69) is 0 Å². The molecule has 0 aromatic heterocycles. The van der Waals surface area contributed by atoms with Gasteiger partial charge in [0.1, 0.15) is 27.6 Å². The van der Waals surface area contributed by atoms with Crippen LogP contribution in [0.2, 0.25) is 0 Å². The van der Waals surface area contributed by atoms with Crippen molar-refractivity contribution in [2.24, 2.45) is 0 Å². The first kappa shape index (κ1) is 33.9. The first-order chi connectivity index (χ1) is 23.1. The molecule has 1 saturated heterocycles. The molecule has 248 valence electrons. The van der Waals surface area contributed by atoms with E-state index in [0.717, 1.165) is 0 Å². The number of aliphatic hydroxyl groups excluding tert-OH is 1. The fourth-order valence-electron chi connectivity index (χ4n) is 7.17. The number of aliphatic hydroxyl groups is 5. The van der Waals surface area contributed by atoms with Gasteiger partial charge in [-0.05, 0) is 34.4 Å². The molecule has 0 spiro atoms. The van der Waals surface area contributed by atoms with Gasteiger partial charge >= 0.3 is 0 Å². The second-order valence-corrected chi connectivity index (χ2v) is 14.2. The molecule has 2 unspecified atom stereocenters. The van der Waals surface area contributed by atoms with Crippen molar-refractivity contribution in [3.05, 3.63) is 174 Å². The van der Waals surface area contributed by atoms with Crippen LogP contribution in [0.4, 0.5) is 0 Å². The van der Waals surface area contributed by atoms with Crippen LogP contribution in [0.15, 0.2) is 157 Å². The van der Waals surface area contributed by atoms with Gasteiger partial charge in [0.25, 0.3) is 5.12 Å². The van der Waals surface area contributed by atoms with Gasteiger partial charge in [-0.3, -0.25) is 0 Å². The zero-order valence-corrected chi connectivity index (χ0v) is 27.2. The molecule has 0 radical (unpaired) electrons. The molecule has 0 amide bonds. The summed E-state index contributed by atoms with van der Waals surface area (Å²) in [6, 6.07) is 43.4. The summed E-state index contributed by atoms with van der Waals surface area (Å²) in [5, 5.41) is 61.7. The van der Waals surface area contributed by atoms with Crippen LogP contribution in [0.25, 0.3) is 0 Å². The molecule has 1 aliphatic rings. The number of ether oxygens (including phenoxy) is 1. The number of benzene rings is 5. The normalized spacial score (nSPS) is 29.3. The molecule has 0 aliphatic carbocycles. The zero-order chi connectivity index (χ0) is 33.9. The van der Waals surface area contributed by atoms with E-state index in [1.165, 1.54) is 12.1 Å². The Labute approximate surface area is 283 Å². The third-order valence-electron chi connectivity index (χ3n) is 9.68. The van der Waals surface area contributed by atoms with Crippen LogP contribution in [0.3, 0.4) is 0 Å². The Bertz CT molecular complexity index is 1810. The highest BCUT2D eigenvalue weighted by molar-refractivity contribution is 7.86. The van der Waals surface area contributed by atoms with Gasteiger partial charge in [0.15, 0.2) is 5.60 Å². The molecular formula is C40H40O7S. The van der Waals surface area contributed by atoms with Crippen LogP contribution in [0.5, 0.6) is 0 Å². The molecule has 0 bridgehead atoms. The fourth-order valence-corrected chi connectivity index (χ4v) is 8.67. The van der Waals surface area contributed by atoms with E-state index in [-0.39, 0.29) is 17.7 Å². The van der Waals surface area contributed by atoms with Crippen LogP contribution < -0.4 is 0 Å². The molecule has 6 atom stereocenters. The van der Waals surface area contributed by atoms with Crippen molar-refractivity contribution in [1.29, 1.82) is 0 Å². The van der Waals surface area contributed by atoms with Gasteiger partial charge in [-0.15, -0.1) is 0 Å². The smallest absolute Gasteiger partial charge is 0.283 e. The Morgan fingerprint density at radius 3 is 1.19 bits per heavy atom. The highest BCUT2D eigenvalue weighted by atomic mass is 32.2. The summed E-state index contributed by atoms with van der Waals surface area (Å²) >= 11 is 0. The summed E-state index contributed by atoms with van der Waals surface area (Å²) < 4.78 is 21.4. The number of rotatable bonds is 11. The summed E-state index contributed by atoms with van der Waals surface area (Å²) in [4.78, 5) is 0.119. The van der Waals surface area contributed by atoms with Crippen molar-refractivity contribution in [3.63, 3.8) is 0 Å². The van der Waals surface area contributed by atoms with E-state index >= 15 is 0 Å². The lowest BCUT2D eigenvalue weighted by molar-refractivity contribution is -0.439. The average molecular weight is 665 g/mol. The Balaban J connectivity index is 1.69. The second kappa shape index (κ2) is 13.5. The topological polar surface area (TPSA) is 127 Å². The molecule has 7 nitrogen and oxygen atoms in total. The predicted octanol–water partition coefficient (Wildman–Crippen LogP) is 4.37. The Morgan fingerprint density at radius 2 is 0.792 bits per heavy atom. The van der Waals surface area contributed by atoms with Gasteiger partial charge in [-0.2, -0.15) is 0 Å². The molecule has 1 aliphatic heterocycles. The van der Waals surface area contributed by atoms with Gasteiger partial charge in [0, 0.05) is 30.6 Å². The van der Waals surface area contributed by atoms with Gasteiger partial charge in [-0.1, -0.05) is 140 Å². The maximum atomic E-state index is 14.8. The van der Waals surface area contributed by atoms with Crippen LogP contribution in [-0.4, -0.2) is 63.9 Å². The molecule has 1 heterocycles. The van der Waals surface area contributed by atoms with Crippen LogP contribution in [-0.2, 0) is 41.2 Å². The molecule has 0 saturated carbocycles. The van der Waals surface area contributed by atoms with E-state index in [1.807, 2.05) is 12.1 Å². The Morgan fingerprint density at radius 1 is 0.458 bits per heavy atom. The zero-order valence-electron chi connectivity index (χ0n) is 26.4. The maximum Gasteiger partial charge on any atom is 0.283 e. The maximum absolute atomic E-state index is 14.8. The largest absolute Gasteiger partial charge is 0.393 e. The van der Waals surface area contributed by atoms with E-state index in [0.29, 0.717) is 22.3 Å². The summed E-state index contributed by atoms with van der Waals surface area (Å²) in [5.41, 5.74) is -8.04. The number of hydrogen-bond acceptors (Lipinski definition) is 7. The standard InChI is InChI=1S/C40H40O7S/c41-30-36(26-31-16-6-1-7-17-31)37(42,27-32-18-8-2-9-19-32)38(43,28-33-20-10-3-11-21-33)39(44,29-34-22-12-4-13-23-34)40(45,47-36)48(46)35-24-14-5-15-25-35/h1-25,41-45H,26-30H2/t36-,37-,38+,39-,40?,48?/m1/s1. The first-order valence-corrected chi connectivity index (χ1v) is 17.1. The summed E-state index contributed by atoms with van der Waals surface area (Å²) in [6.07, 6.45) is -1.36. The molecule has 5 N–H and O–H groups in total. The average Bonchev–Trinajstić information content (AvgIpc) is 3.12. The molecular weight excluding hydrogens is 625 g/mol. The molecule has 8 heteroatoms. The van der Waals surface area contributed by atoms with Crippen LogP contribution >= 0.6 is 0 Å². The SMILES string of the molecule is O=S(c1ccccc1)C1(O)O[C@@](CO)(Cc2ccccc2)[C@](O)(Cc2ccccc2)[C@@](O)(Cc2ccccc2)[C@]1(O)Cc1ccccc1. The van der Waals surface area contributed by atoms with E-state index < -0.39 is 57.8 Å². The van der Waals surface area contributed by atoms with Crippen molar-refractivity contribution in [2.75, 3.05) is 6.61 Å². The minimum atomic E-state index is -3.06. The summed E-state index contributed by atoms with van der Waals surface area (Å²) in [6.45, 7) is -0.905. The van der Waals surface area contributed by atoms with Gasteiger partial charge in [0.05, 0.1) is 6.61 Å². The third-order valence-corrected chi connectivity index (χ3v) is 11.3. The lowest BCUT2D eigenvalue weighted by Crippen LogP contribution is -2.90. The highest BCUT2D eigenvalue weighted by Crippen LogP contribution is 2.59. The quantitative estimate of drug-likeness (QED) is 0.142. The van der Waals surface area contributed by atoms with E-state index in [1.54, 1.807) is 127 Å². The minimum Gasteiger partial charge on any atom is -0.393 e. The lowest BCUT2D eigenvalue weighted by atomic mass is 9.54.